The molecule has 0 bridgehead atoms. The van der Waals surface area contributed by atoms with E-state index in [0.717, 1.165) is 32.8 Å². The van der Waals surface area contributed by atoms with E-state index in [-0.39, 0.29) is 69.4 Å². The van der Waals surface area contributed by atoms with Crippen LogP contribution in [0.4, 0.5) is 4.79 Å². The number of benzene rings is 2. The van der Waals surface area contributed by atoms with Crippen molar-refractivity contribution in [2.75, 3.05) is 6.54 Å². The highest BCUT2D eigenvalue weighted by molar-refractivity contribution is 7.13. The summed E-state index contributed by atoms with van der Waals surface area (Å²) < 4.78 is 11.4. The Balaban J connectivity index is 1.32. The van der Waals surface area contributed by atoms with Gasteiger partial charge in [-0.2, -0.15) is 0 Å². The van der Waals surface area contributed by atoms with Crippen LogP contribution in [-0.4, -0.2) is 81.0 Å². The van der Waals surface area contributed by atoms with Gasteiger partial charge in [0.15, 0.2) is 0 Å². The minimum Gasteiger partial charge on any atom is -0.444 e. The van der Waals surface area contributed by atoms with E-state index in [9.17, 15) is 29.1 Å². The third kappa shape index (κ3) is 13.8. The first kappa shape index (κ1) is 45.0. The Kier molecular flexibility index (Phi) is 15.5. The molecule has 1 saturated heterocycles. The fourth-order valence-electron chi connectivity index (χ4n) is 6.74. The van der Waals surface area contributed by atoms with Crippen LogP contribution in [0, 0.1) is 18.3 Å². The number of aliphatic hydroxyl groups excluding tert-OH is 1. The molecule has 57 heavy (non-hydrogen) atoms. The number of ether oxygens (including phenoxy) is 2. The van der Waals surface area contributed by atoms with Gasteiger partial charge in [-0.3, -0.25) is 19.2 Å². The number of Topliss-reactive ketones (excluding diaryl/α,β-unsaturated/α-hetero) is 1. The molecule has 2 heterocycles. The van der Waals surface area contributed by atoms with Crippen molar-refractivity contribution < 1.29 is 38.6 Å². The minimum atomic E-state index is -0.851. The van der Waals surface area contributed by atoms with Crippen LogP contribution in [0.25, 0.3) is 10.4 Å². The molecule has 4 rings (SSSR count). The Labute approximate surface area is 340 Å². The lowest BCUT2D eigenvalue weighted by molar-refractivity contribution is -0.146. The van der Waals surface area contributed by atoms with E-state index in [2.05, 4.69) is 15.6 Å². The SMILES string of the molecule is Cc1ncsc1-c1ccc(CNC(=O)[C@@H]2C[C@@H](O)CN2C(=O)[C@@H](CC(=O)Cc2ccc(CO[C@H](C)[C@H](CCC(N)=O)NC(=O)OC(C)(C)C)cc2)C(C)(C)C)cc1. The molecular weight excluding hydrogens is 747 g/mol. The van der Waals surface area contributed by atoms with Gasteiger partial charge in [-0.25, -0.2) is 9.78 Å². The molecule has 2 aromatic carbocycles. The number of aryl methyl sites for hydroxylation is 1. The van der Waals surface area contributed by atoms with Crippen molar-refractivity contribution in [2.45, 2.75) is 131 Å². The van der Waals surface area contributed by atoms with Crippen LogP contribution in [0.5, 0.6) is 0 Å². The Morgan fingerprint density at radius 1 is 0.982 bits per heavy atom. The number of amides is 4. The number of nitrogens with zero attached hydrogens (tertiary/aromatic N) is 2. The summed E-state index contributed by atoms with van der Waals surface area (Å²) in [5.41, 5.74) is 10.4. The van der Waals surface area contributed by atoms with Gasteiger partial charge in [0.2, 0.25) is 17.7 Å². The number of aliphatic hydroxyl groups is 1. The number of nitrogens with two attached hydrogens (primary N) is 1. The molecule has 0 unspecified atom stereocenters. The summed E-state index contributed by atoms with van der Waals surface area (Å²) in [5, 5.41) is 16.3. The Morgan fingerprint density at radius 3 is 2.19 bits per heavy atom. The summed E-state index contributed by atoms with van der Waals surface area (Å²) in [6.07, 6.45) is -1.37. The molecule has 1 aliphatic rings. The highest BCUT2D eigenvalue weighted by Gasteiger charge is 2.44. The van der Waals surface area contributed by atoms with Crippen LogP contribution in [-0.2, 0) is 48.2 Å². The summed E-state index contributed by atoms with van der Waals surface area (Å²) in [7, 11) is 0. The molecule has 0 spiro atoms. The number of primary amides is 1. The average molecular weight is 806 g/mol. The van der Waals surface area contributed by atoms with Gasteiger partial charge in [0, 0.05) is 44.7 Å². The van der Waals surface area contributed by atoms with Crippen LogP contribution in [0.2, 0.25) is 0 Å². The number of likely N-dealkylation sites (tertiary alicyclic amines) is 1. The fraction of sp³-hybridized carbons (Fsp3) is 0.535. The first-order chi connectivity index (χ1) is 26.7. The van der Waals surface area contributed by atoms with Crippen LogP contribution >= 0.6 is 11.3 Å². The van der Waals surface area contributed by atoms with E-state index >= 15 is 0 Å². The molecule has 5 N–H and O–H groups in total. The number of hydrogen-bond donors (Lipinski definition) is 4. The number of ketones is 1. The number of rotatable bonds is 17. The predicted molar refractivity (Wildman–Crippen MR) is 219 cm³/mol. The quantitative estimate of drug-likeness (QED) is 0.134. The zero-order valence-corrected chi connectivity index (χ0v) is 35.2. The Bertz CT molecular complexity index is 1850. The van der Waals surface area contributed by atoms with Crippen LogP contribution < -0.4 is 16.4 Å². The third-order valence-electron chi connectivity index (χ3n) is 9.98. The molecule has 0 aliphatic carbocycles. The summed E-state index contributed by atoms with van der Waals surface area (Å²) in [6, 6.07) is 13.9. The van der Waals surface area contributed by atoms with E-state index in [1.54, 1.807) is 39.0 Å². The van der Waals surface area contributed by atoms with Crippen molar-refractivity contribution in [3.05, 3.63) is 76.4 Å². The highest BCUT2D eigenvalue weighted by atomic mass is 32.1. The molecule has 0 saturated carbocycles. The first-order valence-corrected chi connectivity index (χ1v) is 20.3. The molecule has 5 atom stereocenters. The number of nitrogens with one attached hydrogen (secondary N) is 2. The van der Waals surface area contributed by atoms with Crippen molar-refractivity contribution in [2.24, 2.45) is 17.1 Å². The van der Waals surface area contributed by atoms with Crippen LogP contribution in [0.3, 0.4) is 0 Å². The smallest absolute Gasteiger partial charge is 0.407 e. The largest absolute Gasteiger partial charge is 0.444 e. The topological polar surface area (TPSA) is 190 Å². The Hall–Kier alpha value is -4.66. The number of aromatic nitrogens is 1. The number of alkyl carbamates (subject to hydrolysis) is 1. The zero-order valence-electron chi connectivity index (χ0n) is 34.4. The monoisotopic (exact) mass is 805 g/mol. The predicted octanol–water partition coefficient (Wildman–Crippen LogP) is 5.62. The summed E-state index contributed by atoms with van der Waals surface area (Å²) in [4.78, 5) is 71.8. The van der Waals surface area contributed by atoms with Gasteiger partial charge in [-0.15, -0.1) is 11.3 Å². The van der Waals surface area contributed by atoms with Gasteiger partial charge in [0.05, 0.1) is 40.9 Å². The second-order valence-corrected chi connectivity index (χ2v) is 17.9. The lowest BCUT2D eigenvalue weighted by Gasteiger charge is -2.34. The van der Waals surface area contributed by atoms with Gasteiger partial charge in [-0.05, 0) is 68.7 Å². The molecule has 0 radical (unpaired) electrons. The minimum absolute atomic E-state index is 0.0193. The van der Waals surface area contributed by atoms with Gasteiger partial charge >= 0.3 is 6.09 Å². The average Bonchev–Trinajstić information content (AvgIpc) is 3.74. The van der Waals surface area contributed by atoms with Crippen molar-refractivity contribution in [1.82, 2.24) is 20.5 Å². The fourth-order valence-corrected chi connectivity index (χ4v) is 7.55. The summed E-state index contributed by atoms with van der Waals surface area (Å²) >= 11 is 1.57. The first-order valence-electron chi connectivity index (χ1n) is 19.4. The van der Waals surface area contributed by atoms with Crippen molar-refractivity contribution >= 4 is 40.9 Å². The van der Waals surface area contributed by atoms with Gasteiger partial charge in [0.1, 0.15) is 17.4 Å². The maximum Gasteiger partial charge on any atom is 0.407 e. The van der Waals surface area contributed by atoms with E-state index in [1.807, 2.05) is 81.7 Å². The molecule has 3 aromatic rings. The van der Waals surface area contributed by atoms with Crippen LogP contribution in [0.1, 0.15) is 96.5 Å². The van der Waals surface area contributed by atoms with Crippen molar-refractivity contribution in [3.8, 4) is 10.4 Å². The maximum atomic E-state index is 14.1. The van der Waals surface area contributed by atoms with E-state index in [4.69, 9.17) is 15.2 Å². The summed E-state index contributed by atoms with van der Waals surface area (Å²) in [5.74, 6) is -1.99. The van der Waals surface area contributed by atoms with Gasteiger partial charge < -0.3 is 35.8 Å². The normalized spacial score (nSPS) is 17.4. The molecule has 14 heteroatoms. The summed E-state index contributed by atoms with van der Waals surface area (Å²) in [6.45, 7) is 15.3. The molecular formula is C43H59N5O8S. The molecule has 4 amide bonds. The number of carbonyl (C=O) groups excluding carboxylic acids is 5. The number of β-amino-alcohol motifs (C(OH)–C–C–N with tert-alkyl or cyclic N) is 1. The highest BCUT2D eigenvalue weighted by Crippen LogP contribution is 2.34. The van der Waals surface area contributed by atoms with E-state index in [0.29, 0.717) is 0 Å². The number of carbonyl (C=O) groups is 5. The number of thiazole rings is 1. The van der Waals surface area contributed by atoms with Gasteiger partial charge in [0.25, 0.3) is 0 Å². The zero-order chi connectivity index (χ0) is 42.1. The molecule has 310 valence electrons. The molecule has 1 fully saturated rings. The standard InChI is InChI=1S/C43H59N5O8S/c1-26-38(57-25-46-26)31-15-13-29(14-16-31)22-45-39(52)36-21-33(50)23-48(36)40(53)34(42(3,4)5)20-32(49)19-28-9-11-30(12-10-28)24-55-27(2)35(17-18-37(44)51)47-41(54)56-43(6,7)8/h9-16,25,27,33-36,50H,17-24H2,1-8H3,(H2,44,51)(H,45,52)(H,47,54)/t27-,33-,34-,35+,36+/m1/s1. The maximum absolute atomic E-state index is 14.1. The molecule has 1 aliphatic heterocycles. The lowest BCUT2D eigenvalue weighted by atomic mass is 9.76. The number of hydrogen-bond acceptors (Lipinski definition) is 10. The second kappa shape index (κ2) is 19.7. The van der Waals surface area contributed by atoms with Crippen LogP contribution in [0.15, 0.2) is 54.0 Å². The molecule has 1 aromatic heterocycles. The van der Waals surface area contributed by atoms with E-state index < -0.39 is 53.2 Å². The van der Waals surface area contributed by atoms with Crippen molar-refractivity contribution in [3.63, 3.8) is 0 Å². The van der Waals surface area contributed by atoms with Gasteiger partial charge in [-0.1, -0.05) is 69.3 Å². The third-order valence-corrected chi connectivity index (χ3v) is 11.0. The second-order valence-electron chi connectivity index (χ2n) is 17.0. The molecule has 13 nitrogen and oxygen atoms in total. The lowest BCUT2D eigenvalue weighted by Crippen LogP contribution is -2.50. The van der Waals surface area contributed by atoms with Crippen molar-refractivity contribution in [1.29, 1.82) is 0 Å². The Morgan fingerprint density at radius 2 is 1.61 bits per heavy atom. The van der Waals surface area contributed by atoms with E-state index in [1.165, 1.54) is 4.90 Å².